The summed E-state index contributed by atoms with van der Waals surface area (Å²) >= 11 is 0. The van der Waals surface area contributed by atoms with E-state index < -0.39 is 0 Å². The summed E-state index contributed by atoms with van der Waals surface area (Å²) in [6.07, 6.45) is 11.1. The molecular weight excluding hydrogens is 98.1 g/mol. The zero-order valence-corrected chi connectivity index (χ0v) is 4.96. The molecule has 42 valence electrons. The summed E-state index contributed by atoms with van der Waals surface area (Å²) in [6, 6.07) is 0. The van der Waals surface area contributed by atoms with Gasteiger partial charge in [0.2, 0.25) is 0 Å². The van der Waals surface area contributed by atoms with Crippen molar-refractivity contribution in [3.8, 4) is 12.3 Å². The molecule has 0 unspecified atom stereocenters. The number of nitrogens with zero attached hydrogens (tertiary/aromatic N) is 1. The fourth-order valence-corrected chi connectivity index (χ4v) is 0.283. The Bertz CT molecular complexity index is 126. The third kappa shape index (κ3) is 4.97. The van der Waals surface area contributed by atoms with E-state index in [1.54, 1.807) is 13.3 Å². The second kappa shape index (κ2) is 5.97. The van der Waals surface area contributed by atoms with Crippen LogP contribution in [0.1, 0.15) is 6.42 Å². The van der Waals surface area contributed by atoms with Crippen LogP contribution >= 0.6 is 0 Å². The molecule has 0 bridgehead atoms. The van der Waals surface area contributed by atoms with E-state index in [1.807, 2.05) is 12.2 Å². The van der Waals surface area contributed by atoms with E-state index in [-0.39, 0.29) is 0 Å². The largest absolute Gasteiger partial charge is 0.297 e. The van der Waals surface area contributed by atoms with E-state index in [4.69, 9.17) is 6.42 Å². The summed E-state index contributed by atoms with van der Waals surface area (Å²) in [4.78, 5) is 3.73. The minimum atomic E-state index is 0.687. The smallest absolute Gasteiger partial charge is 0.0277 e. The zero-order valence-electron chi connectivity index (χ0n) is 4.96. The van der Waals surface area contributed by atoms with E-state index in [0.717, 1.165) is 0 Å². The van der Waals surface area contributed by atoms with Crippen LogP contribution in [0.4, 0.5) is 0 Å². The number of aliphatic imine (C=N–C) groups is 1. The lowest BCUT2D eigenvalue weighted by Crippen LogP contribution is -1.61. The highest BCUT2D eigenvalue weighted by atomic mass is 14.6. The fourth-order valence-electron chi connectivity index (χ4n) is 0.283. The van der Waals surface area contributed by atoms with E-state index in [0.29, 0.717) is 6.42 Å². The summed E-state index contributed by atoms with van der Waals surface area (Å²) in [5.41, 5.74) is 0. The molecule has 0 aromatic carbocycles. The first kappa shape index (κ1) is 6.97. The topological polar surface area (TPSA) is 12.4 Å². The molecule has 0 aliphatic rings. The molecule has 0 fully saturated rings. The third-order valence-corrected chi connectivity index (χ3v) is 0.607. The van der Waals surface area contributed by atoms with Crippen molar-refractivity contribution in [3.63, 3.8) is 0 Å². The molecule has 0 atom stereocenters. The number of hydrogen-bond acceptors (Lipinski definition) is 1. The van der Waals surface area contributed by atoms with Gasteiger partial charge in [0.25, 0.3) is 0 Å². The molecule has 0 rings (SSSR count). The van der Waals surface area contributed by atoms with Crippen LogP contribution in [0.5, 0.6) is 0 Å². The first-order valence-electron chi connectivity index (χ1n) is 2.42. The molecule has 0 aliphatic heterocycles. The Morgan fingerprint density at radius 3 is 3.00 bits per heavy atom. The molecule has 0 amide bonds. The molecule has 0 aromatic heterocycles. The highest BCUT2D eigenvalue weighted by molar-refractivity contribution is 5.70. The van der Waals surface area contributed by atoms with E-state index >= 15 is 0 Å². The van der Waals surface area contributed by atoms with E-state index in [2.05, 4.69) is 10.9 Å². The van der Waals surface area contributed by atoms with Gasteiger partial charge < -0.3 is 0 Å². The number of hydrogen-bond donors (Lipinski definition) is 0. The number of rotatable bonds is 2. The predicted molar refractivity (Wildman–Crippen MR) is 37.0 cm³/mol. The highest BCUT2D eigenvalue weighted by Crippen LogP contribution is 1.74. The summed E-state index contributed by atoms with van der Waals surface area (Å²) in [5.74, 6) is 2.48. The Hall–Kier alpha value is -1.03. The van der Waals surface area contributed by atoms with Crippen molar-refractivity contribution in [2.45, 2.75) is 6.42 Å². The maximum atomic E-state index is 4.96. The maximum Gasteiger partial charge on any atom is 0.0277 e. The molecule has 0 heterocycles. The van der Waals surface area contributed by atoms with Gasteiger partial charge in [-0.2, -0.15) is 0 Å². The van der Waals surface area contributed by atoms with Gasteiger partial charge in [-0.15, -0.1) is 12.3 Å². The van der Waals surface area contributed by atoms with Gasteiger partial charge >= 0.3 is 0 Å². The molecule has 1 heteroatoms. The first-order valence-corrected chi connectivity index (χ1v) is 2.42. The lowest BCUT2D eigenvalue weighted by Gasteiger charge is -1.70. The van der Waals surface area contributed by atoms with Crippen molar-refractivity contribution in [1.82, 2.24) is 0 Å². The van der Waals surface area contributed by atoms with Crippen LogP contribution in [0.3, 0.4) is 0 Å². The Labute approximate surface area is 50.1 Å². The van der Waals surface area contributed by atoms with Crippen molar-refractivity contribution in [2.24, 2.45) is 4.99 Å². The lowest BCUT2D eigenvalue weighted by molar-refractivity contribution is 1.45. The number of terminal acetylenes is 1. The molecule has 0 N–H and O–H groups in total. The maximum absolute atomic E-state index is 4.96. The van der Waals surface area contributed by atoms with Crippen LogP contribution < -0.4 is 0 Å². The van der Waals surface area contributed by atoms with Crippen LogP contribution in [0, 0.1) is 12.3 Å². The first-order chi connectivity index (χ1) is 3.91. The van der Waals surface area contributed by atoms with Gasteiger partial charge in [0, 0.05) is 19.7 Å². The molecule has 0 spiro atoms. The Morgan fingerprint density at radius 2 is 2.50 bits per heavy atom. The molecule has 0 aromatic rings. The standard InChI is InChI=1S/C7H9N/c1-3-4-5-6-7-8-2/h1,5-7H,4H2,2H3/b6-5-,8-7?. The van der Waals surface area contributed by atoms with Gasteiger partial charge in [-0.05, 0) is 6.08 Å². The van der Waals surface area contributed by atoms with Gasteiger partial charge in [0.15, 0.2) is 0 Å². The second-order valence-electron chi connectivity index (χ2n) is 1.24. The molecular formula is C7H9N. The third-order valence-electron chi connectivity index (χ3n) is 0.607. The van der Waals surface area contributed by atoms with Crippen molar-refractivity contribution in [3.05, 3.63) is 12.2 Å². The quantitative estimate of drug-likeness (QED) is 0.372. The molecule has 8 heavy (non-hydrogen) atoms. The summed E-state index contributed by atoms with van der Waals surface area (Å²) in [7, 11) is 1.72. The van der Waals surface area contributed by atoms with Crippen LogP contribution in [-0.4, -0.2) is 13.3 Å². The van der Waals surface area contributed by atoms with Crippen LogP contribution in [0.25, 0.3) is 0 Å². The second-order valence-corrected chi connectivity index (χ2v) is 1.24. The van der Waals surface area contributed by atoms with Crippen molar-refractivity contribution in [1.29, 1.82) is 0 Å². The average Bonchev–Trinajstić information content (AvgIpc) is 1.81. The summed E-state index contributed by atoms with van der Waals surface area (Å²) in [6.45, 7) is 0. The molecule has 0 saturated carbocycles. The van der Waals surface area contributed by atoms with Gasteiger partial charge in [0.05, 0.1) is 0 Å². The Kier molecular flexibility index (Phi) is 5.20. The van der Waals surface area contributed by atoms with Gasteiger partial charge in [0.1, 0.15) is 0 Å². The fraction of sp³-hybridized carbons (Fsp3) is 0.286. The van der Waals surface area contributed by atoms with Crippen molar-refractivity contribution < 1.29 is 0 Å². The molecule has 1 nitrogen and oxygen atoms in total. The van der Waals surface area contributed by atoms with E-state index in [9.17, 15) is 0 Å². The normalized spacial score (nSPS) is 10.5. The Balaban J connectivity index is 3.24. The SMILES string of the molecule is C#CC/C=C\C=NC. The minimum absolute atomic E-state index is 0.687. The zero-order chi connectivity index (χ0) is 6.24. The lowest BCUT2D eigenvalue weighted by atomic mass is 10.4. The summed E-state index contributed by atoms with van der Waals surface area (Å²) in [5, 5.41) is 0. The van der Waals surface area contributed by atoms with E-state index in [1.165, 1.54) is 0 Å². The predicted octanol–water partition coefficient (Wildman–Crippen LogP) is 1.27. The number of allylic oxidation sites excluding steroid dienone is 2. The van der Waals surface area contributed by atoms with Crippen LogP contribution in [-0.2, 0) is 0 Å². The molecule has 0 aliphatic carbocycles. The van der Waals surface area contributed by atoms with Crippen molar-refractivity contribution >= 4 is 6.21 Å². The Morgan fingerprint density at radius 1 is 1.75 bits per heavy atom. The summed E-state index contributed by atoms with van der Waals surface area (Å²) < 4.78 is 0. The van der Waals surface area contributed by atoms with Crippen molar-refractivity contribution in [2.75, 3.05) is 7.05 Å². The molecule has 0 saturated heterocycles. The van der Waals surface area contributed by atoms with Gasteiger partial charge in [-0.25, -0.2) is 0 Å². The van der Waals surface area contributed by atoms with Crippen LogP contribution in [0.15, 0.2) is 17.1 Å². The minimum Gasteiger partial charge on any atom is -0.297 e. The van der Waals surface area contributed by atoms with Gasteiger partial charge in [-0.1, -0.05) is 6.08 Å². The highest BCUT2D eigenvalue weighted by Gasteiger charge is 1.62. The monoisotopic (exact) mass is 107 g/mol. The van der Waals surface area contributed by atoms with Crippen LogP contribution in [0.2, 0.25) is 0 Å². The average molecular weight is 107 g/mol. The van der Waals surface area contributed by atoms with Gasteiger partial charge in [-0.3, -0.25) is 4.99 Å². The molecule has 0 radical (unpaired) electrons.